The molecule has 4 aromatic heterocycles. The fraction of sp³-hybridized carbons (Fsp3) is 0.147. The number of aromatic nitrogens is 4. The summed E-state index contributed by atoms with van der Waals surface area (Å²) in [6, 6.07) is 21.8. The smallest absolute Gasteiger partial charge is 0.320 e. The van der Waals surface area contributed by atoms with Crippen LogP contribution in [0.25, 0.3) is 33.8 Å². The number of hydrazine groups is 1. The van der Waals surface area contributed by atoms with Crippen LogP contribution in [0.1, 0.15) is 44.4 Å². The number of hydrogen-bond donors (Lipinski definition) is 3. The zero-order valence-electron chi connectivity index (χ0n) is 24.4. The number of carbonyl (C=O) groups is 3. The Hall–Kier alpha value is -5.61. The number of carboxylic acids is 1. The maximum atomic E-state index is 14.3. The average Bonchev–Trinajstić information content (AvgIpc) is 3.55. The molecule has 1 atom stereocenters. The van der Waals surface area contributed by atoms with Crippen LogP contribution in [-0.2, 0) is 16.0 Å². The highest BCUT2D eigenvalue weighted by Gasteiger charge is 2.35. The zero-order chi connectivity index (χ0) is 31.1. The average molecular weight is 587 g/mol. The number of amides is 1. The molecule has 0 spiro atoms. The third-order valence-electron chi connectivity index (χ3n) is 7.73. The molecule has 0 bridgehead atoms. The number of carbonyl (C=O) groups excluding carboxylic acids is 2. The van der Waals surface area contributed by atoms with Gasteiger partial charge >= 0.3 is 5.97 Å². The summed E-state index contributed by atoms with van der Waals surface area (Å²) in [5.74, 6) is 1.55. The lowest BCUT2D eigenvalue weighted by Gasteiger charge is -2.15. The lowest BCUT2D eigenvalue weighted by atomic mass is 9.92. The van der Waals surface area contributed by atoms with E-state index in [4.69, 9.17) is 15.8 Å². The first-order chi connectivity index (χ1) is 21.1. The number of carboxylic acid groups (broad SMARTS) is 1. The van der Waals surface area contributed by atoms with Crippen LogP contribution >= 0.6 is 0 Å². The van der Waals surface area contributed by atoms with Gasteiger partial charge in [-0.2, -0.15) is 0 Å². The third kappa shape index (κ3) is 5.12. The molecule has 4 heterocycles. The van der Waals surface area contributed by atoms with Gasteiger partial charge in [-0.15, -0.1) is 0 Å². The molecule has 0 radical (unpaired) electrons. The van der Waals surface area contributed by atoms with Crippen molar-refractivity contribution in [2.75, 3.05) is 0 Å². The van der Waals surface area contributed by atoms with E-state index in [0.717, 1.165) is 22.3 Å². The highest BCUT2D eigenvalue weighted by Crippen LogP contribution is 2.34. The van der Waals surface area contributed by atoms with Crippen LogP contribution < -0.4 is 11.3 Å². The molecule has 44 heavy (non-hydrogen) atoms. The Labute approximate surface area is 252 Å². The molecule has 0 aliphatic carbocycles. The Bertz CT molecular complexity index is 2070. The van der Waals surface area contributed by atoms with E-state index in [0.29, 0.717) is 45.2 Å². The molecular formula is C34H30N6O4. The van der Waals surface area contributed by atoms with E-state index < -0.39 is 23.6 Å². The molecule has 6 aromatic rings. The maximum Gasteiger partial charge on any atom is 0.320 e. The molecule has 4 N–H and O–H groups in total. The Morgan fingerprint density at radius 1 is 0.750 bits per heavy atom. The van der Waals surface area contributed by atoms with Crippen LogP contribution in [0, 0.1) is 20.8 Å². The van der Waals surface area contributed by atoms with Gasteiger partial charge in [0.15, 0.2) is 11.7 Å². The van der Waals surface area contributed by atoms with E-state index in [9.17, 15) is 19.5 Å². The minimum absolute atomic E-state index is 0.214. The molecule has 10 heteroatoms. The van der Waals surface area contributed by atoms with Crippen molar-refractivity contribution in [3.63, 3.8) is 0 Å². The van der Waals surface area contributed by atoms with Crippen LogP contribution in [0.5, 0.6) is 0 Å². The molecule has 0 aliphatic heterocycles. The van der Waals surface area contributed by atoms with Gasteiger partial charge < -0.3 is 13.9 Å². The Morgan fingerprint density at radius 2 is 1.27 bits per heavy atom. The van der Waals surface area contributed by atoms with E-state index in [1.165, 1.54) is 0 Å². The highest BCUT2D eigenvalue weighted by atomic mass is 16.4. The number of nitrogens with two attached hydrogens (primary N) is 1. The molecule has 2 aromatic carbocycles. The van der Waals surface area contributed by atoms with E-state index in [1.807, 2.05) is 79.9 Å². The summed E-state index contributed by atoms with van der Waals surface area (Å²) in [7, 11) is 0. The summed E-state index contributed by atoms with van der Waals surface area (Å²) >= 11 is 0. The summed E-state index contributed by atoms with van der Waals surface area (Å²) in [5.41, 5.74) is 9.71. The van der Waals surface area contributed by atoms with E-state index in [1.54, 1.807) is 34.9 Å². The minimum Gasteiger partial charge on any atom is -0.480 e. The van der Waals surface area contributed by atoms with Gasteiger partial charge in [0.1, 0.15) is 11.3 Å². The molecule has 10 nitrogen and oxygen atoms in total. The van der Waals surface area contributed by atoms with Crippen LogP contribution in [-0.4, -0.2) is 41.5 Å². The standard InChI is InChI=1S/C34H30N6O4/c1-19-4-8-23(9-5-19)31-32(40-18-21(3)7-15-28(40)37-31)29(34(43)44)26(41)16-25-30(36-27-14-6-20(2)17-39(25)27)22-10-12-24(13-11-22)33(42)38-35/h4-15,17-18,29H,16,35H2,1-3H3,(H,38,42)(H,43,44). The summed E-state index contributed by atoms with van der Waals surface area (Å²) < 4.78 is 3.53. The number of benzene rings is 2. The van der Waals surface area contributed by atoms with Gasteiger partial charge in [0.2, 0.25) is 0 Å². The fourth-order valence-corrected chi connectivity index (χ4v) is 5.51. The van der Waals surface area contributed by atoms with Crippen molar-refractivity contribution in [3.05, 3.63) is 119 Å². The van der Waals surface area contributed by atoms with Crippen molar-refractivity contribution in [1.82, 2.24) is 24.2 Å². The molecule has 220 valence electrons. The number of fused-ring (bicyclic) bond motifs is 2. The summed E-state index contributed by atoms with van der Waals surface area (Å²) in [4.78, 5) is 48.9. The van der Waals surface area contributed by atoms with Crippen LogP contribution in [0.2, 0.25) is 0 Å². The zero-order valence-corrected chi connectivity index (χ0v) is 24.4. The molecule has 6 rings (SSSR count). The van der Waals surface area contributed by atoms with Crippen LogP contribution in [0.15, 0.2) is 85.2 Å². The van der Waals surface area contributed by atoms with Crippen molar-refractivity contribution < 1.29 is 19.5 Å². The number of aliphatic carboxylic acids is 1. The number of hydrogen-bond acceptors (Lipinski definition) is 6. The number of rotatable bonds is 8. The van der Waals surface area contributed by atoms with Gasteiger partial charge in [-0.05, 0) is 56.2 Å². The SMILES string of the molecule is Cc1ccc(-c2nc3ccc(C)cn3c2C(C(=O)O)C(=O)Cc2c(-c3ccc(C(=O)NN)cc3)nc3ccc(C)cn23)cc1. The summed E-state index contributed by atoms with van der Waals surface area (Å²) in [6.45, 7) is 5.80. The van der Waals surface area contributed by atoms with Crippen LogP contribution in [0.3, 0.4) is 0 Å². The minimum atomic E-state index is -1.51. The predicted molar refractivity (Wildman–Crippen MR) is 166 cm³/mol. The summed E-state index contributed by atoms with van der Waals surface area (Å²) in [6.07, 6.45) is 3.46. The molecule has 1 unspecified atom stereocenters. The number of aryl methyl sites for hydroxylation is 3. The normalized spacial score (nSPS) is 12.0. The van der Waals surface area contributed by atoms with Crippen molar-refractivity contribution in [2.45, 2.75) is 33.1 Å². The second-order valence-corrected chi connectivity index (χ2v) is 11.0. The van der Waals surface area contributed by atoms with Gasteiger partial charge in [0.25, 0.3) is 5.91 Å². The van der Waals surface area contributed by atoms with Crippen molar-refractivity contribution in [3.8, 4) is 22.5 Å². The molecule has 0 saturated heterocycles. The van der Waals surface area contributed by atoms with Crippen molar-refractivity contribution in [2.24, 2.45) is 5.84 Å². The quantitative estimate of drug-likeness (QED) is 0.100. The number of ketones is 1. The first-order valence-corrected chi connectivity index (χ1v) is 14.0. The van der Waals surface area contributed by atoms with E-state index >= 15 is 0 Å². The van der Waals surface area contributed by atoms with Crippen LogP contribution in [0.4, 0.5) is 0 Å². The topological polar surface area (TPSA) is 144 Å². The predicted octanol–water partition coefficient (Wildman–Crippen LogP) is 4.82. The van der Waals surface area contributed by atoms with Gasteiger partial charge in [-0.25, -0.2) is 15.8 Å². The molecule has 0 fully saturated rings. The van der Waals surface area contributed by atoms with Crippen molar-refractivity contribution >= 4 is 29.0 Å². The number of nitrogens with one attached hydrogen (secondary N) is 1. The third-order valence-corrected chi connectivity index (χ3v) is 7.73. The number of imidazole rings is 2. The highest BCUT2D eigenvalue weighted by molar-refractivity contribution is 6.06. The second-order valence-electron chi connectivity index (χ2n) is 11.0. The molecule has 1 amide bonds. The molecule has 0 saturated carbocycles. The van der Waals surface area contributed by atoms with Gasteiger partial charge in [0.05, 0.1) is 29.2 Å². The first kappa shape index (κ1) is 28.5. The summed E-state index contributed by atoms with van der Waals surface area (Å²) in [5, 5.41) is 10.6. The lowest BCUT2D eigenvalue weighted by molar-refractivity contribution is -0.142. The number of nitrogens with zero attached hydrogens (tertiary/aromatic N) is 4. The number of nitrogen functional groups attached to an aromatic ring is 1. The lowest BCUT2D eigenvalue weighted by Crippen LogP contribution is -2.29. The second kappa shape index (κ2) is 11.2. The van der Waals surface area contributed by atoms with Gasteiger partial charge in [0, 0.05) is 29.1 Å². The Morgan fingerprint density at radius 3 is 1.89 bits per heavy atom. The molecular weight excluding hydrogens is 556 g/mol. The molecule has 0 aliphatic rings. The van der Waals surface area contributed by atoms with Crippen molar-refractivity contribution in [1.29, 1.82) is 0 Å². The largest absolute Gasteiger partial charge is 0.480 e. The van der Waals surface area contributed by atoms with E-state index in [2.05, 4.69) is 5.43 Å². The number of pyridine rings is 2. The number of Topliss-reactive ketones (excluding diaryl/α,β-unsaturated/α-hetero) is 1. The first-order valence-electron chi connectivity index (χ1n) is 14.0. The monoisotopic (exact) mass is 586 g/mol. The van der Waals surface area contributed by atoms with Gasteiger partial charge in [-0.1, -0.05) is 54.1 Å². The van der Waals surface area contributed by atoms with E-state index in [-0.39, 0.29) is 6.42 Å². The van der Waals surface area contributed by atoms with Gasteiger partial charge in [-0.3, -0.25) is 19.8 Å². The maximum absolute atomic E-state index is 14.3. The Kier molecular flexibility index (Phi) is 7.28. The Balaban J connectivity index is 1.50. The fourth-order valence-electron chi connectivity index (χ4n) is 5.51.